The molecule has 2 heterocycles. The number of nitrogens with zero attached hydrogens (tertiary/aromatic N) is 4. The van der Waals surface area contributed by atoms with Gasteiger partial charge in [0, 0.05) is 52.7 Å². The molecule has 0 radical (unpaired) electrons. The van der Waals surface area contributed by atoms with Crippen molar-refractivity contribution in [2.75, 3.05) is 33.4 Å². The van der Waals surface area contributed by atoms with Crippen LogP contribution in [0.25, 0.3) is 0 Å². The summed E-state index contributed by atoms with van der Waals surface area (Å²) in [5, 5.41) is 15.7. The Labute approximate surface area is 192 Å². The molecule has 1 saturated carbocycles. The molecule has 2 N–H and O–H groups in total. The molecule has 1 aromatic rings. The zero-order valence-electron chi connectivity index (χ0n) is 18.2. The van der Waals surface area contributed by atoms with E-state index in [0.29, 0.717) is 5.41 Å². The Morgan fingerprint density at radius 2 is 1.97 bits per heavy atom. The van der Waals surface area contributed by atoms with Gasteiger partial charge in [0.15, 0.2) is 5.96 Å². The van der Waals surface area contributed by atoms with Crippen LogP contribution < -0.4 is 10.6 Å². The average Bonchev–Trinajstić information content (AvgIpc) is 3.25. The maximum absolute atomic E-state index is 5.35. The summed E-state index contributed by atoms with van der Waals surface area (Å²) < 4.78 is 7.68. The third-order valence-electron chi connectivity index (χ3n) is 6.24. The number of aliphatic imine (C=N–C) groups is 1. The number of hydrogen-bond donors (Lipinski definition) is 2. The molecule has 29 heavy (non-hydrogen) atoms. The van der Waals surface area contributed by atoms with Gasteiger partial charge in [0.05, 0.1) is 0 Å². The van der Waals surface area contributed by atoms with Crippen molar-refractivity contribution in [1.29, 1.82) is 0 Å². The molecule has 7 nitrogen and oxygen atoms in total. The Kier molecular flexibility index (Phi) is 10.7. The fourth-order valence-corrected chi connectivity index (χ4v) is 4.54. The molecule has 0 bridgehead atoms. The zero-order valence-corrected chi connectivity index (χ0v) is 20.5. The van der Waals surface area contributed by atoms with Crippen LogP contribution in [0.5, 0.6) is 0 Å². The van der Waals surface area contributed by atoms with E-state index in [1.165, 1.54) is 44.9 Å². The molecule has 0 amide bonds. The Morgan fingerprint density at radius 1 is 1.14 bits per heavy atom. The summed E-state index contributed by atoms with van der Waals surface area (Å²) in [7, 11) is 1.79. The number of aryl methyl sites for hydroxylation is 1. The molecule has 1 aromatic heterocycles. The van der Waals surface area contributed by atoms with Crippen LogP contribution in [0.15, 0.2) is 4.99 Å². The van der Waals surface area contributed by atoms with Crippen LogP contribution in [0, 0.1) is 5.41 Å². The third-order valence-corrected chi connectivity index (χ3v) is 6.24. The van der Waals surface area contributed by atoms with Crippen molar-refractivity contribution in [2.24, 2.45) is 10.4 Å². The summed E-state index contributed by atoms with van der Waals surface area (Å²) in [6.07, 6.45) is 12.0. The molecular weight excluding hydrogens is 479 g/mol. The number of aromatic nitrogens is 3. The minimum absolute atomic E-state index is 0. The first-order valence-electron chi connectivity index (χ1n) is 11.2. The Morgan fingerprint density at radius 3 is 2.72 bits per heavy atom. The number of nitrogens with one attached hydrogen (secondary N) is 2. The van der Waals surface area contributed by atoms with Crippen molar-refractivity contribution >= 4 is 29.9 Å². The van der Waals surface area contributed by atoms with Crippen LogP contribution in [0.1, 0.15) is 69.9 Å². The summed E-state index contributed by atoms with van der Waals surface area (Å²) in [5.74, 6) is 3.18. The van der Waals surface area contributed by atoms with Crippen molar-refractivity contribution in [3.63, 3.8) is 0 Å². The van der Waals surface area contributed by atoms with Gasteiger partial charge in [0.2, 0.25) is 0 Å². The fraction of sp³-hybridized carbons (Fsp3) is 0.857. The molecule has 0 aromatic carbocycles. The summed E-state index contributed by atoms with van der Waals surface area (Å²) in [5.41, 5.74) is 0.322. The molecule has 0 saturated heterocycles. The van der Waals surface area contributed by atoms with E-state index in [1.807, 2.05) is 0 Å². The average molecular weight is 518 g/mol. The molecule has 0 spiro atoms. The van der Waals surface area contributed by atoms with Crippen molar-refractivity contribution in [3.05, 3.63) is 11.6 Å². The maximum atomic E-state index is 5.35. The van der Waals surface area contributed by atoms with Crippen LogP contribution in [-0.2, 0) is 24.1 Å². The highest BCUT2D eigenvalue weighted by Gasteiger charge is 2.33. The molecule has 166 valence electrons. The van der Waals surface area contributed by atoms with E-state index in [-0.39, 0.29) is 24.0 Å². The van der Waals surface area contributed by atoms with E-state index in [4.69, 9.17) is 9.73 Å². The second-order valence-corrected chi connectivity index (χ2v) is 8.32. The molecule has 2 aliphatic rings. The van der Waals surface area contributed by atoms with Gasteiger partial charge in [-0.15, -0.1) is 34.2 Å². The minimum Gasteiger partial charge on any atom is -0.385 e. The van der Waals surface area contributed by atoms with E-state index in [1.54, 1.807) is 7.11 Å². The SMILES string of the molecule is CCNC(=NCC1(CCOC)CCCC1)NCCc1nnc2n1CCCCC2.I. The van der Waals surface area contributed by atoms with Gasteiger partial charge in [-0.05, 0) is 44.4 Å². The van der Waals surface area contributed by atoms with Crippen molar-refractivity contribution in [2.45, 2.75) is 77.7 Å². The van der Waals surface area contributed by atoms with Gasteiger partial charge in [-0.3, -0.25) is 4.99 Å². The van der Waals surface area contributed by atoms with Crippen LogP contribution >= 0.6 is 24.0 Å². The topological polar surface area (TPSA) is 76.4 Å². The van der Waals surface area contributed by atoms with Crippen molar-refractivity contribution in [1.82, 2.24) is 25.4 Å². The number of fused-ring (bicyclic) bond motifs is 1. The summed E-state index contributed by atoms with van der Waals surface area (Å²) in [6, 6.07) is 0. The number of ether oxygens (including phenoxy) is 1. The van der Waals surface area contributed by atoms with E-state index >= 15 is 0 Å². The van der Waals surface area contributed by atoms with Gasteiger partial charge in [0.1, 0.15) is 11.6 Å². The maximum Gasteiger partial charge on any atom is 0.191 e. The van der Waals surface area contributed by atoms with Gasteiger partial charge in [-0.25, -0.2) is 0 Å². The lowest BCUT2D eigenvalue weighted by Crippen LogP contribution is -2.39. The second-order valence-electron chi connectivity index (χ2n) is 8.32. The Balaban J connectivity index is 0.00000300. The number of methoxy groups -OCH3 is 1. The molecule has 3 rings (SSSR count). The molecular formula is C21H39IN6O. The van der Waals surface area contributed by atoms with Gasteiger partial charge < -0.3 is 19.9 Å². The molecule has 0 atom stereocenters. The van der Waals surface area contributed by atoms with Gasteiger partial charge in [-0.2, -0.15) is 0 Å². The standard InChI is InChI=1S/C21H38N6O.HI/c1-3-22-20(24-17-21(13-16-28-2)11-6-7-12-21)23-14-10-19-26-25-18-9-5-4-8-15-27(18)19;/h3-17H2,1-2H3,(H2,22,23,24);1H. The van der Waals surface area contributed by atoms with Crippen molar-refractivity contribution in [3.8, 4) is 0 Å². The van der Waals surface area contributed by atoms with Crippen LogP contribution in [0.4, 0.5) is 0 Å². The lowest BCUT2D eigenvalue weighted by molar-refractivity contribution is 0.141. The summed E-state index contributed by atoms with van der Waals surface area (Å²) >= 11 is 0. The lowest BCUT2D eigenvalue weighted by atomic mass is 9.83. The van der Waals surface area contributed by atoms with Crippen LogP contribution in [0.2, 0.25) is 0 Å². The highest BCUT2D eigenvalue weighted by atomic mass is 127. The first-order chi connectivity index (χ1) is 13.8. The molecule has 1 aliphatic heterocycles. The first kappa shape index (κ1) is 24.4. The van der Waals surface area contributed by atoms with Gasteiger partial charge >= 0.3 is 0 Å². The lowest BCUT2D eigenvalue weighted by Gasteiger charge is -2.27. The third kappa shape index (κ3) is 7.08. The quantitative estimate of drug-likeness (QED) is 0.298. The predicted molar refractivity (Wildman–Crippen MR) is 128 cm³/mol. The normalized spacial score (nSPS) is 18.6. The minimum atomic E-state index is 0. The smallest absolute Gasteiger partial charge is 0.191 e. The number of halogens is 1. The highest BCUT2D eigenvalue weighted by molar-refractivity contribution is 14.0. The number of rotatable bonds is 9. The predicted octanol–water partition coefficient (Wildman–Crippen LogP) is 3.32. The fourth-order valence-electron chi connectivity index (χ4n) is 4.54. The second kappa shape index (κ2) is 12.7. The highest BCUT2D eigenvalue weighted by Crippen LogP contribution is 2.41. The first-order valence-corrected chi connectivity index (χ1v) is 11.2. The number of hydrogen-bond acceptors (Lipinski definition) is 4. The molecule has 1 aliphatic carbocycles. The molecule has 8 heteroatoms. The van der Waals surface area contributed by atoms with Gasteiger partial charge in [-0.1, -0.05) is 19.3 Å². The van der Waals surface area contributed by atoms with E-state index in [0.717, 1.165) is 69.7 Å². The largest absolute Gasteiger partial charge is 0.385 e. The van der Waals surface area contributed by atoms with E-state index < -0.39 is 0 Å². The summed E-state index contributed by atoms with van der Waals surface area (Å²) in [6.45, 7) is 6.59. The van der Waals surface area contributed by atoms with E-state index in [9.17, 15) is 0 Å². The van der Waals surface area contributed by atoms with Crippen LogP contribution in [-0.4, -0.2) is 54.1 Å². The van der Waals surface area contributed by atoms with Crippen molar-refractivity contribution < 1.29 is 4.74 Å². The zero-order chi connectivity index (χ0) is 19.7. The molecule has 0 unspecified atom stereocenters. The molecule has 1 fully saturated rings. The summed E-state index contributed by atoms with van der Waals surface area (Å²) in [4.78, 5) is 4.94. The van der Waals surface area contributed by atoms with Crippen LogP contribution in [0.3, 0.4) is 0 Å². The van der Waals surface area contributed by atoms with E-state index in [2.05, 4.69) is 32.3 Å². The van der Waals surface area contributed by atoms with Gasteiger partial charge in [0.25, 0.3) is 0 Å². The Bertz CT molecular complexity index is 627. The monoisotopic (exact) mass is 518 g/mol. The number of guanidine groups is 1. The Hall–Kier alpha value is -0.900.